The van der Waals surface area contributed by atoms with Gasteiger partial charge in [-0.25, -0.2) is 4.39 Å². The molecule has 27 heavy (non-hydrogen) atoms. The van der Waals surface area contributed by atoms with E-state index < -0.39 is 41.8 Å². The molecule has 6 nitrogen and oxygen atoms in total. The highest BCUT2D eigenvalue weighted by molar-refractivity contribution is 6.46. The predicted octanol–water partition coefficient (Wildman–Crippen LogP) is 2.99. The second-order valence-electron chi connectivity index (χ2n) is 5.85. The van der Waals surface area contributed by atoms with Crippen molar-refractivity contribution < 1.29 is 29.0 Å². The molecule has 1 amide bonds. The van der Waals surface area contributed by atoms with Crippen molar-refractivity contribution >= 4 is 35.0 Å². The maximum Gasteiger partial charge on any atom is 0.323 e. The normalized spacial score (nSPS) is 18.7. The molecule has 0 aliphatic carbocycles. The highest BCUT2D eigenvalue weighted by Crippen LogP contribution is 2.40. The molecule has 0 spiro atoms. The van der Waals surface area contributed by atoms with E-state index in [1.807, 2.05) is 0 Å². The number of rotatable bonds is 4. The Hall–Kier alpha value is -3.19. The highest BCUT2D eigenvalue weighted by atomic mass is 35.5. The lowest BCUT2D eigenvalue weighted by molar-refractivity contribution is -0.146. The molecule has 2 aromatic carbocycles. The number of aliphatic carboxylic acids is 1. The van der Waals surface area contributed by atoms with E-state index in [0.717, 1.165) is 11.0 Å². The van der Waals surface area contributed by atoms with Crippen molar-refractivity contribution in [3.63, 3.8) is 0 Å². The number of hydrogen-bond donors (Lipinski definition) is 2. The third kappa shape index (κ3) is 3.41. The largest absolute Gasteiger partial charge is 0.507 e. The van der Waals surface area contributed by atoms with Crippen molar-refractivity contribution in [2.45, 2.75) is 6.04 Å². The van der Waals surface area contributed by atoms with Crippen molar-refractivity contribution in [3.8, 4) is 0 Å². The summed E-state index contributed by atoms with van der Waals surface area (Å²) in [5.41, 5.74) is -0.281. The number of halogens is 2. The number of likely N-dealkylation sites (tertiary alicyclic amines) is 1. The molecule has 2 aromatic rings. The number of nitrogens with zero attached hydrogens (tertiary/aromatic N) is 1. The van der Waals surface area contributed by atoms with Crippen LogP contribution in [-0.4, -0.2) is 39.3 Å². The predicted molar refractivity (Wildman–Crippen MR) is 94.5 cm³/mol. The Morgan fingerprint density at radius 3 is 2.30 bits per heavy atom. The fourth-order valence-corrected chi connectivity index (χ4v) is 3.10. The van der Waals surface area contributed by atoms with Gasteiger partial charge in [-0.2, -0.15) is 0 Å². The van der Waals surface area contributed by atoms with Crippen molar-refractivity contribution in [1.82, 2.24) is 4.90 Å². The summed E-state index contributed by atoms with van der Waals surface area (Å²) in [6, 6.07) is 9.81. The number of amides is 1. The number of carbonyl (C=O) groups excluding carboxylic acids is 2. The number of ketones is 1. The van der Waals surface area contributed by atoms with Gasteiger partial charge in [0.1, 0.15) is 18.1 Å². The minimum atomic E-state index is -1.37. The van der Waals surface area contributed by atoms with E-state index in [2.05, 4.69) is 0 Å². The monoisotopic (exact) mass is 389 g/mol. The molecule has 0 saturated carbocycles. The van der Waals surface area contributed by atoms with E-state index in [1.165, 1.54) is 42.5 Å². The van der Waals surface area contributed by atoms with Crippen LogP contribution < -0.4 is 0 Å². The maximum absolute atomic E-state index is 14.4. The lowest BCUT2D eigenvalue weighted by Gasteiger charge is -2.24. The minimum absolute atomic E-state index is 0.0894. The van der Waals surface area contributed by atoms with Crippen LogP contribution in [-0.2, 0) is 14.4 Å². The highest BCUT2D eigenvalue weighted by Gasteiger charge is 2.47. The molecule has 0 aromatic heterocycles. The summed E-state index contributed by atoms with van der Waals surface area (Å²) in [6.07, 6.45) is 0. The van der Waals surface area contributed by atoms with Crippen molar-refractivity contribution in [1.29, 1.82) is 0 Å². The molecule has 8 heteroatoms. The van der Waals surface area contributed by atoms with Gasteiger partial charge >= 0.3 is 5.97 Å². The van der Waals surface area contributed by atoms with Crippen LogP contribution in [0.25, 0.3) is 5.76 Å². The van der Waals surface area contributed by atoms with Crippen LogP contribution in [0.2, 0.25) is 5.02 Å². The summed E-state index contributed by atoms with van der Waals surface area (Å²) in [7, 11) is 0. The van der Waals surface area contributed by atoms with Gasteiger partial charge in [-0.3, -0.25) is 14.4 Å². The first-order chi connectivity index (χ1) is 12.8. The fraction of sp³-hybridized carbons (Fsp3) is 0.105. The minimum Gasteiger partial charge on any atom is -0.507 e. The number of aliphatic hydroxyl groups is 1. The smallest absolute Gasteiger partial charge is 0.323 e. The summed E-state index contributed by atoms with van der Waals surface area (Å²) >= 11 is 5.81. The molecule has 0 radical (unpaired) electrons. The van der Waals surface area contributed by atoms with Crippen LogP contribution >= 0.6 is 11.6 Å². The van der Waals surface area contributed by atoms with Gasteiger partial charge < -0.3 is 15.1 Å². The van der Waals surface area contributed by atoms with E-state index in [-0.39, 0.29) is 16.7 Å². The molecule has 1 heterocycles. The van der Waals surface area contributed by atoms with Gasteiger partial charge in [-0.1, -0.05) is 29.8 Å². The average Bonchev–Trinajstić information content (AvgIpc) is 2.86. The number of aliphatic hydroxyl groups excluding tert-OH is 1. The summed E-state index contributed by atoms with van der Waals surface area (Å²) in [4.78, 5) is 36.8. The third-order valence-corrected chi connectivity index (χ3v) is 4.42. The zero-order valence-corrected chi connectivity index (χ0v) is 14.5. The van der Waals surface area contributed by atoms with Crippen LogP contribution in [0.1, 0.15) is 17.2 Å². The van der Waals surface area contributed by atoms with Gasteiger partial charge in [0, 0.05) is 16.1 Å². The van der Waals surface area contributed by atoms with Crippen LogP contribution in [0.5, 0.6) is 0 Å². The van der Waals surface area contributed by atoms with Crippen LogP contribution in [0.4, 0.5) is 4.39 Å². The number of carboxylic acid groups (broad SMARTS) is 1. The van der Waals surface area contributed by atoms with E-state index in [0.29, 0.717) is 5.02 Å². The van der Waals surface area contributed by atoms with Gasteiger partial charge in [0.2, 0.25) is 0 Å². The van der Waals surface area contributed by atoms with Crippen molar-refractivity contribution in [3.05, 3.63) is 76.1 Å². The van der Waals surface area contributed by atoms with E-state index in [4.69, 9.17) is 16.7 Å². The second kappa shape index (κ2) is 7.20. The summed E-state index contributed by atoms with van der Waals surface area (Å²) in [5, 5.41) is 20.1. The fourth-order valence-electron chi connectivity index (χ4n) is 2.97. The molecular formula is C19H13ClFNO5. The molecule has 1 saturated heterocycles. The third-order valence-electron chi connectivity index (χ3n) is 4.16. The number of Topliss-reactive ketones (excluding diaryl/α,β-unsaturated/α-hetero) is 1. The Balaban J connectivity index is 2.23. The van der Waals surface area contributed by atoms with Gasteiger partial charge in [-0.15, -0.1) is 0 Å². The Morgan fingerprint density at radius 2 is 1.70 bits per heavy atom. The number of carbonyl (C=O) groups is 3. The first kappa shape index (κ1) is 18.6. The lowest BCUT2D eigenvalue weighted by atomic mass is 9.95. The van der Waals surface area contributed by atoms with E-state index >= 15 is 0 Å². The molecule has 1 atom stereocenters. The van der Waals surface area contributed by atoms with E-state index in [9.17, 15) is 23.9 Å². The summed E-state index contributed by atoms with van der Waals surface area (Å²) in [5.74, 6) is -4.85. The molecular weight excluding hydrogens is 377 g/mol. The molecule has 2 N–H and O–H groups in total. The quantitative estimate of drug-likeness (QED) is 0.476. The summed E-state index contributed by atoms with van der Waals surface area (Å²) < 4.78 is 14.4. The molecule has 1 fully saturated rings. The Labute approximate surface area is 158 Å². The molecule has 1 aliphatic rings. The zero-order chi connectivity index (χ0) is 19.7. The summed E-state index contributed by atoms with van der Waals surface area (Å²) in [6.45, 7) is -0.818. The topological polar surface area (TPSA) is 94.9 Å². The van der Waals surface area contributed by atoms with Crippen molar-refractivity contribution in [2.24, 2.45) is 0 Å². The first-order valence-electron chi connectivity index (χ1n) is 7.82. The van der Waals surface area contributed by atoms with Crippen LogP contribution in [0.15, 0.2) is 54.1 Å². The standard InChI is InChI=1S/C19H13ClFNO5/c20-11-7-5-10(6-8-11)17(25)15-16(12-3-1-2-4-13(12)21)22(9-14(23)24)19(27)18(15)26/h1-8,16,25H,9H2,(H,23,24). The second-order valence-corrected chi connectivity index (χ2v) is 6.29. The molecule has 1 unspecified atom stereocenters. The number of hydrogen-bond acceptors (Lipinski definition) is 4. The molecule has 138 valence electrons. The molecule has 3 rings (SSSR count). The van der Waals surface area contributed by atoms with Crippen LogP contribution in [0, 0.1) is 5.82 Å². The van der Waals surface area contributed by atoms with E-state index in [1.54, 1.807) is 0 Å². The van der Waals surface area contributed by atoms with Crippen molar-refractivity contribution in [2.75, 3.05) is 6.54 Å². The number of carboxylic acids is 1. The molecule has 0 bridgehead atoms. The Kier molecular flexibility index (Phi) is 4.96. The van der Waals surface area contributed by atoms with Gasteiger partial charge in [-0.05, 0) is 30.3 Å². The maximum atomic E-state index is 14.4. The Morgan fingerprint density at radius 1 is 1.07 bits per heavy atom. The first-order valence-corrected chi connectivity index (χ1v) is 8.19. The number of benzene rings is 2. The van der Waals surface area contributed by atoms with Gasteiger partial charge in [0.15, 0.2) is 0 Å². The molecule has 1 aliphatic heterocycles. The van der Waals surface area contributed by atoms with Gasteiger partial charge in [0.05, 0.1) is 11.6 Å². The van der Waals surface area contributed by atoms with Crippen LogP contribution in [0.3, 0.4) is 0 Å². The van der Waals surface area contributed by atoms with Gasteiger partial charge in [0.25, 0.3) is 11.7 Å². The average molecular weight is 390 g/mol. The lowest BCUT2D eigenvalue weighted by Crippen LogP contribution is -2.34. The Bertz CT molecular complexity index is 970. The zero-order valence-electron chi connectivity index (χ0n) is 13.7. The SMILES string of the molecule is O=C(O)CN1C(=O)C(=O)C(=C(O)c2ccc(Cl)cc2)C1c1ccccc1F.